The number of nitrogens with zero attached hydrogens (tertiary/aromatic N) is 1. The van der Waals surface area contributed by atoms with Gasteiger partial charge in [0.25, 0.3) is 0 Å². The third-order valence-corrected chi connectivity index (χ3v) is 2.51. The number of rotatable bonds is 5. The fourth-order valence-corrected chi connectivity index (χ4v) is 1.58. The molecule has 0 radical (unpaired) electrons. The first-order valence-corrected chi connectivity index (χ1v) is 5.85. The molecule has 1 aliphatic rings. The number of ether oxygens (including phenoxy) is 1. The van der Waals surface area contributed by atoms with Crippen LogP contribution in [0.1, 0.15) is 32.6 Å². The molecule has 1 rings (SSSR count). The molecule has 0 aliphatic carbocycles. The highest BCUT2D eigenvalue weighted by Gasteiger charge is 2.15. The molecule has 1 saturated heterocycles. The van der Waals surface area contributed by atoms with Crippen LogP contribution in [-0.4, -0.2) is 37.1 Å². The van der Waals surface area contributed by atoms with Crippen molar-refractivity contribution in [2.45, 2.75) is 32.6 Å². The first-order valence-electron chi connectivity index (χ1n) is 5.85. The minimum absolute atomic E-state index is 0.263. The summed E-state index contributed by atoms with van der Waals surface area (Å²) in [6, 6.07) is 0. The van der Waals surface area contributed by atoms with Crippen LogP contribution in [0.3, 0.4) is 0 Å². The van der Waals surface area contributed by atoms with Gasteiger partial charge in [-0.2, -0.15) is 0 Å². The van der Waals surface area contributed by atoms with Gasteiger partial charge in [0, 0.05) is 19.5 Å². The Balaban J connectivity index is 2.11. The third kappa shape index (κ3) is 4.98. The molecule has 0 spiro atoms. The van der Waals surface area contributed by atoms with E-state index in [0.29, 0.717) is 19.6 Å². The zero-order chi connectivity index (χ0) is 10.9. The van der Waals surface area contributed by atoms with E-state index in [1.54, 1.807) is 0 Å². The molecule has 86 valence electrons. The lowest BCUT2D eigenvalue weighted by Crippen LogP contribution is -2.40. The van der Waals surface area contributed by atoms with Crippen molar-refractivity contribution in [3.8, 4) is 0 Å². The van der Waals surface area contributed by atoms with Crippen molar-refractivity contribution >= 4 is 5.91 Å². The Hall–Kier alpha value is -0.830. The molecule has 1 amide bonds. The molecule has 0 aromatic heterocycles. The van der Waals surface area contributed by atoms with Gasteiger partial charge in [-0.15, -0.1) is 0 Å². The van der Waals surface area contributed by atoms with E-state index in [1.807, 2.05) is 4.90 Å². The highest BCUT2D eigenvalue weighted by atomic mass is 16.5. The summed E-state index contributed by atoms with van der Waals surface area (Å²) < 4.78 is 5.20. The maximum absolute atomic E-state index is 11.7. The van der Waals surface area contributed by atoms with Crippen LogP contribution in [0.25, 0.3) is 0 Å². The van der Waals surface area contributed by atoms with E-state index in [1.165, 1.54) is 6.42 Å². The molecular formula is C12H21NO2. The number of unbranched alkanes of at least 4 members (excludes halogenated alkanes) is 1. The minimum atomic E-state index is 0.263. The van der Waals surface area contributed by atoms with Crippen LogP contribution in [0.2, 0.25) is 0 Å². The molecule has 3 heteroatoms. The van der Waals surface area contributed by atoms with Crippen LogP contribution in [0, 0.1) is 0 Å². The smallest absolute Gasteiger partial charge is 0.223 e. The Morgan fingerprint density at radius 1 is 1.27 bits per heavy atom. The van der Waals surface area contributed by atoms with Crippen molar-refractivity contribution in [2.24, 2.45) is 0 Å². The van der Waals surface area contributed by atoms with Gasteiger partial charge < -0.3 is 9.64 Å². The highest BCUT2D eigenvalue weighted by Crippen LogP contribution is 2.03. The zero-order valence-corrected chi connectivity index (χ0v) is 9.58. The minimum Gasteiger partial charge on any atom is -0.378 e. The summed E-state index contributed by atoms with van der Waals surface area (Å²) in [5.41, 5.74) is 0. The van der Waals surface area contributed by atoms with Crippen LogP contribution < -0.4 is 0 Å². The lowest BCUT2D eigenvalue weighted by molar-refractivity contribution is -0.135. The van der Waals surface area contributed by atoms with E-state index in [4.69, 9.17) is 4.74 Å². The summed E-state index contributed by atoms with van der Waals surface area (Å²) in [7, 11) is 0. The molecule has 0 unspecified atom stereocenters. The van der Waals surface area contributed by atoms with E-state index < -0.39 is 0 Å². The Morgan fingerprint density at radius 3 is 2.60 bits per heavy atom. The van der Waals surface area contributed by atoms with Crippen molar-refractivity contribution in [1.82, 2.24) is 4.90 Å². The molecule has 0 atom stereocenters. The zero-order valence-electron chi connectivity index (χ0n) is 9.58. The molecule has 0 aromatic rings. The summed E-state index contributed by atoms with van der Waals surface area (Å²) in [5, 5.41) is 0. The molecule has 0 N–H and O–H groups in total. The van der Waals surface area contributed by atoms with Gasteiger partial charge in [0.2, 0.25) is 5.91 Å². The number of amides is 1. The van der Waals surface area contributed by atoms with E-state index in [9.17, 15) is 4.79 Å². The first-order chi connectivity index (χ1) is 7.34. The van der Waals surface area contributed by atoms with E-state index >= 15 is 0 Å². The Morgan fingerprint density at radius 2 is 1.93 bits per heavy atom. The molecule has 0 saturated carbocycles. The predicted octanol–water partition coefficient (Wildman–Crippen LogP) is 1.98. The monoisotopic (exact) mass is 211 g/mol. The molecule has 0 bridgehead atoms. The van der Waals surface area contributed by atoms with Crippen molar-refractivity contribution in [1.29, 1.82) is 0 Å². The quantitative estimate of drug-likeness (QED) is 0.651. The van der Waals surface area contributed by atoms with Crippen LogP contribution in [0.15, 0.2) is 12.2 Å². The van der Waals surface area contributed by atoms with Gasteiger partial charge in [-0.25, -0.2) is 0 Å². The van der Waals surface area contributed by atoms with E-state index in [0.717, 1.165) is 25.9 Å². The number of carbonyl (C=O) groups is 1. The predicted molar refractivity (Wildman–Crippen MR) is 60.7 cm³/mol. The molecule has 0 aromatic carbocycles. The van der Waals surface area contributed by atoms with Gasteiger partial charge in [-0.3, -0.25) is 4.79 Å². The Bertz CT molecular complexity index is 208. The number of allylic oxidation sites excluding steroid dienone is 2. The number of hydrogen-bond acceptors (Lipinski definition) is 2. The van der Waals surface area contributed by atoms with E-state index in [-0.39, 0.29) is 5.91 Å². The third-order valence-electron chi connectivity index (χ3n) is 2.51. The van der Waals surface area contributed by atoms with Crippen molar-refractivity contribution in [2.75, 3.05) is 26.3 Å². The van der Waals surface area contributed by atoms with Gasteiger partial charge in [0.15, 0.2) is 0 Å². The fraction of sp³-hybridized carbons (Fsp3) is 0.750. The number of morpholine rings is 1. The average Bonchev–Trinajstić information content (AvgIpc) is 2.30. The largest absolute Gasteiger partial charge is 0.378 e. The summed E-state index contributed by atoms with van der Waals surface area (Å²) in [5.74, 6) is 0.263. The van der Waals surface area contributed by atoms with Crippen molar-refractivity contribution < 1.29 is 9.53 Å². The summed E-state index contributed by atoms with van der Waals surface area (Å²) in [6.07, 6.45) is 8.07. The second kappa shape index (κ2) is 7.46. The lowest BCUT2D eigenvalue weighted by atomic mass is 10.2. The number of hydrogen-bond donors (Lipinski definition) is 0. The van der Waals surface area contributed by atoms with Gasteiger partial charge >= 0.3 is 0 Å². The van der Waals surface area contributed by atoms with Crippen LogP contribution >= 0.6 is 0 Å². The fourth-order valence-electron chi connectivity index (χ4n) is 1.58. The highest BCUT2D eigenvalue weighted by molar-refractivity contribution is 5.76. The molecule has 1 heterocycles. The SMILES string of the molecule is CCC/C=C/CCC(=O)N1CCOCC1. The second-order valence-electron chi connectivity index (χ2n) is 3.79. The normalized spacial score (nSPS) is 17.3. The van der Waals surface area contributed by atoms with Crippen molar-refractivity contribution in [3.05, 3.63) is 12.2 Å². The Kier molecular flexibility index (Phi) is 6.09. The van der Waals surface area contributed by atoms with Gasteiger partial charge in [-0.1, -0.05) is 25.5 Å². The van der Waals surface area contributed by atoms with Crippen LogP contribution in [0.5, 0.6) is 0 Å². The van der Waals surface area contributed by atoms with Gasteiger partial charge in [0.05, 0.1) is 13.2 Å². The number of carbonyl (C=O) groups excluding carboxylic acids is 1. The maximum atomic E-state index is 11.7. The molecule has 3 nitrogen and oxygen atoms in total. The van der Waals surface area contributed by atoms with Crippen LogP contribution in [0.4, 0.5) is 0 Å². The average molecular weight is 211 g/mol. The van der Waals surface area contributed by atoms with E-state index in [2.05, 4.69) is 19.1 Å². The molecule has 15 heavy (non-hydrogen) atoms. The first kappa shape index (κ1) is 12.2. The molecule has 1 fully saturated rings. The molecule has 1 aliphatic heterocycles. The standard InChI is InChI=1S/C12H21NO2/c1-2-3-4-5-6-7-12(14)13-8-10-15-11-9-13/h4-5H,2-3,6-11H2,1H3/b5-4+. The second-order valence-corrected chi connectivity index (χ2v) is 3.79. The Labute approximate surface area is 92.1 Å². The summed E-state index contributed by atoms with van der Waals surface area (Å²) in [4.78, 5) is 13.6. The maximum Gasteiger partial charge on any atom is 0.223 e. The summed E-state index contributed by atoms with van der Waals surface area (Å²) in [6.45, 7) is 5.06. The molecular weight excluding hydrogens is 190 g/mol. The van der Waals surface area contributed by atoms with Crippen molar-refractivity contribution in [3.63, 3.8) is 0 Å². The topological polar surface area (TPSA) is 29.5 Å². The summed E-state index contributed by atoms with van der Waals surface area (Å²) >= 11 is 0. The van der Waals surface area contributed by atoms with Gasteiger partial charge in [-0.05, 0) is 12.8 Å². The lowest BCUT2D eigenvalue weighted by Gasteiger charge is -2.26. The van der Waals surface area contributed by atoms with Gasteiger partial charge in [0.1, 0.15) is 0 Å². The van der Waals surface area contributed by atoms with Crippen LogP contribution in [-0.2, 0) is 9.53 Å².